The molecule has 0 bridgehead atoms. The van der Waals surface area contributed by atoms with Crippen LogP contribution >= 0.6 is 0 Å². The lowest BCUT2D eigenvalue weighted by Gasteiger charge is -2.22. The molecule has 0 atom stereocenters. The molecule has 0 unspecified atom stereocenters. The van der Waals surface area contributed by atoms with Crippen LogP contribution < -0.4 is 5.32 Å². The third kappa shape index (κ3) is 3.51. The summed E-state index contributed by atoms with van der Waals surface area (Å²) in [4.78, 5) is 0. The minimum atomic E-state index is -0.164. The average Bonchev–Trinajstić information content (AvgIpc) is 2.25. The van der Waals surface area contributed by atoms with Gasteiger partial charge < -0.3 is 5.32 Å². The zero-order valence-electron chi connectivity index (χ0n) is 9.71. The summed E-state index contributed by atoms with van der Waals surface area (Å²) >= 11 is 0. The van der Waals surface area contributed by atoms with Crippen LogP contribution in [0.4, 0.5) is 10.1 Å². The number of halogens is 1. The van der Waals surface area contributed by atoms with Crippen LogP contribution in [0, 0.1) is 5.82 Å². The molecule has 1 N–H and O–H groups in total. The quantitative estimate of drug-likeness (QED) is 0.782. The Morgan fingerprint density at radius 3 is 2.06 bits per heavy atom. The fourth-order valence-corrected chi connectivity index (χ4v) is 2.38. The van der Waals surface area contributed by atoms with Crippen molar-refractivity contribution >= 4 is 5.69 Å². The van der Waals surface area contributed by atoms with E-state index < -0.39 is 0 Å². The standard InChI is InChI=1S/C14H20FN/c15-12-8-10-14(11-9-12)16-13-6-4-2-1-3-5-7-13/h8-11,13,16H,1-7H2. The topological polar surface area (TPSA) is 12.0 Å². The fourth-order valence-electron chi connectivity index (χ4n) is 2.38. The van der Waals surface area contributed by atoms with Gasteiger partial charge in [0.2, 0.25) is 0 Å². The monoisotopic (exact) mass is 221 g/mol. The van der Waals surface area contributed by atoms with E-state index in [2.05, 4.69) is 5.32 Å². The second kappa shape index (κ2) is 5.88. The molecule has 0 saturated heterocycles. The number of rotatable bonds is 2. The predicted octanol–water partition coefficient (Wildman–Crippen LogP) is 4.35. The molecule has 16 heavy (non-hydrogen) atoms. The molecule has 0 aliphatic heterocycles. The first kappa shape index (κ1) is 11.4. The van der Waals surface area contributed by atoms with Crippen LogP contribution in [0.2, 0.25) is 0 Å². The first-order chi connectivity index (χ1) is 7.84. The van der Waals surface area contributed by atoms with E-state index in [0.29, 0.717) is 6.04 Å². The highest BCUT2D eigenvalue weighted by Crippen LogP contribution is 2.20. The Bertz CT molecular complexity index is 299. The van der Waals surface area contributed by atoms with Gasteiger partial charge in [-0.25, -0.2) is 4.39 Å². The van der Waals surface area contributed by atoms with E-state index in [0.717, 1.165) is 5.69 Å². The summed E-state index contributed by atoms with van der Waals surface area (Å²) in [6, 6.07) is 7.27. The van der Waals surface area contributed by atoms with Gasteiger partial charge in [-0.05, 0) is 37.1 Å². The summed E-state index contributed by atoms with van der Waals surface area (Å²) < 4.78 is 12.8. The van der Waals surface area contributed by atoms with E-state index in [1.807, 2.05) is 12.1 Å². The van der Waals surface area contributed by atoms with E-state index in [4.69, 9.17) is 0 Å². The van der Waals surface area contributed by atoms with Crippen LogP contribution in [0.15, 0.2) is 24.3 Å². The molecule has 1 saturated carbocycles. The molecule has 1 aromatic carbocycles. The van der Waals surface area contributed by atoms with Gasteiger partial charge in [0.15, 0.2) is 0 Å². The van der Waals surface area contributed by atoms with Crippen molar-refractivity contribution in [1.82, 2.24) is 0 Å². The van der Waals surface area contributed by atoms with Crippen LogP contribution in [-0.2, 0) is 0 Å². The summed E-state index contributed by atoms with van der Waals surface area (Å²) in [7, 11) is 0. The molecule has 88 valence electrons. The highest BCUT2D eigenvalue weighted by Gasteiger charge is 2.10. The first-order valence-electron chi connectivity index (χ1n) is 6.37. The molecule has 1 aromatic rings. The predicted molar refractivity (Wildman–Crippen MR) is 66.1 cm³/mol. The molecular weight excluding hydrogens is 201 g/mol. The van der Waals surface area contributed by atoms with E-state index in [1.165, 1.54) is 57.1 Å². The summed E-state index contributed by atoms with van der Waals surface area (Å²) in [6.45, 7) is 0. The normalized spacial score (nSPS) is 18.8. The smallest absolute Gasteiger partial charge is 0.123 e. The van der Waals surface area contributed by atoms with Gasteiger partial charge in [-0.2, -0.15) is 0 Å². The number of hydrogen-bond acceptors (Lipinski definition) is 1. The van der Waals surface area contributed by atoms with Crippen molar-refractivity contribution in [2.75, 3.05) is 5.32 Å². The second-order valence-corrected chi connectivity index (χ2v) is 4.69. The van der Waals surface area contributed by atoms with Crippen molar-refractivity contribution in [3.05, 3.63) is 30.1 Å². The van der Waals surface area contributed by atoms with Gasteiger partial charge in [0.25, 0.3) is 0 Å². The van der Waals surface area contributed by atoms with Crippen molar-refractivity contribution in [1.29, 1.82) is 0 Å². The summed E-state index contributed by atoms with van der Waals surface area (Å²) in [5, 5.41) is 3.51. The maximum absolute atomic E-state index is 12.8. The van der Waals surface area contributed by atoms with Crippen LogP contribution in [0.5, 0.6) is 0 Å². The van der Waals surface area contributed by atoms with Gasteiger partial charge in [-0.3, -0.25) is 0 Å². The zero-order chi connectivity index (χ0) is 11.2. The molecule has 1 nitrogen and oxygen atoms in total. The van der Waals surface area contributed by atoms with E-state index in [1.54, 1.807) is 0 Å². The van der Waals surface area contributed by atoms with Gasteiger partial charge >= 0.3 is 0 Å². The molecule has 1 fully saturated rings. The minimum Gasteiger partial charge on any atom is -0.382 e. The van der Waals surface area contributed by atoms with Crippen molar-refractivity contribution in [2.45, 2.75) is 51.0 Å². The summed E-state index contributed by atoms with van der Waals surface area (Å²) in [6.07, 6.45) is 9.25. The Labute approximate surface area is 97.1 Å². The Balaban J connectivity index is 1.89. The first-order valence-corrected chi connectivity index (χ1v) is 6.37. The maximum atomic E-state index is 12.8. The lowest BCUT2D eigenvalue weighted by atomic mass is 9.96. The number of nitrogens with one attached hydrogen (secondary N) is 1. The molecule has 2 heteroatoms. The maximum Gasteiger partial charge on any atom is 0.123 e. The lowest BCUT2D eigenvalue weighted by molar-refractivity contribution is 0.471. The summed E-state index contributed by atoms with van der Waals surface area (Å²) in [5.41, 5.74) is 1.05. The third-order valence-corrected chi connectivity index (χ3v) is 3.32. The van der Waals surface area contributed by atoms with E-state index >= 15 is 0 Å². The molecule has 0 heterocycles. The van der Waals surface area contributed by atoms with Crippen LogP contribution in [0.25, 0.3) is 0 Å². The van der Waals surface area contributed by atoms with Crippen molar-refractivity contribution < 1.29 is 4.39 Å². The van der Waals surface area contributed by atoms with E-state index in [-0.39, 0.29) is 5.82 Å². The van der Waals surface area contributed by atoms with Gasteiger partial charge in [0, 0.05) is 11.7 Å². The Morgan fingerprint density at radius 2 is 1.44 bits per heavy atom. The molecule has 0 aromatic heterocycles. The van der Waals surface area contributed by atoms with Crippen molar-refractivity contribution in [2.24, 2.45) is 0 Å². The molecule has 0 radical (unpaired) electrons. The molecule has 1 aliphatic rings. The highest BCUT2D eigenvalue weighted by molar-refractivity contribution is 5.43. The molecule has 0 amide bonds. The average molecular weight is 221 g/mol. The molecule has 2 rings (SSSR count). The Morgan fingerprint density at radius 1 is 0.875 bits per heavy atom. The van der Waals surface area contributed by atoms with E-state index in [9.17, 15) is 4.39 Å². The van der Waals surface area contributed by atoms with Crippen molar-refractivity contribution in [3.63, 3.8) is 0 Å². The van der Waals surface area contributed by atoms with Gasteiger partial charge in [0.05, 0.1) is 0 Å². The van der Waals surface area contributed by atoms with Crippen LogP contribution in [-0.4, -0.2) is 6.04 Å². The largest absolute Gasteiger partial charge is 0.382 e. The molecule has 1 aliphatic carbocycles. The summed E-state index contributed by atoms with van der Waals surface area (Å²) in [5.74, 6) is -0.164. The van der Waals surface area contributed by atoms with Gasteiger partial charge in [0.1, 0.15) is 5.82 Å². The van der Waals surface area contributed by atoms with Gasteiger partial charge in [-0.1, -0.05) is 32.1 Å². The lowest BCUT2D eigenvalue weighted by Crippen LogP contribution is -2.20. The van der Waals surface area contributed by atoms with Crippen molar-refractivity contribution in [3.8, 4) is 0 Å². The zero-order valence-corrected chi connectivity index (χ0v) is 9.71. The fraction of sp³-hybridized carbons (Fsp3) is 0.571. The van der Waals surface area contributed by atoms with Crippen LogP contribution in [0.1, 0.15) is 44.9 Å². The number of hydrogen-bond donors (Lipinski definition) is 1. The van der Waals surface area contributed by atoms with Gasteiger partial charge in [-0.15, -0.1) is 0 Å². The van der Waals surface area contributed by atoms with Crippen LogP contribution in [0.3, 0.4) is 0 Å². The second-order valence-electron chi connectivity index (χ2n) is 4.69. The molecule has 0 spiro atoms. The number of anilines is 1. The molecular formula is C14H20FN. The SMILES string of the molecule is Fc1ccc(NC2CCCCCCC2)cc1. The minimum absolute atomic E-state index is 0.164. The third-order valence-electron chi connectivity index (χ3n) is 3.32. The highest BCUT2D eigenvalue weighted by atomic mass is 19.1. The Kier molecular flexibility index (Phi) is 4.20. The number of benzene rings is 1. The Hall–Kier alpha value is -1.05.